The zero-order valence-electron chi connectivity index (χ0n) is 8.29. The Hall–Kier alpha value is -0.960. The Balaban J connectivity index is 1.91. The lowest BCUT2D eigenvalue weighted by Crippen LogP contribution is -2.16. The first kappa shape index (κ1) is 8.36. The summed E-state index contributed by atoms with van der Waals surface area (Å²) in [6.45, 7) is 1.12. The molecule has 1 saturated heterocycles. The number of nitrogens with one attached hydrogen (secondary N) is 1. The fraction of sp³-hybridized carbons (Fsp3) is 0.636. The maximum absolute atomic E-state index is 4.66. The molecule has 1 atom stereocenters. The molecule has 1 aliphatic heterocycles. The van der Waals surface area contributed by atoms with Crippen LogP contribution in [0.1, 0.15) is 42.4 Å². The molecule has 0 radical (unpaired) electrons. The molecule has 0 aromatic carbocycles. The second-order valence-corrected chi connectivity index (χ2v) is 4.20. The van der Waals surface area contributed by atoms with Gasteiger partial charge in [0.25, 0.3) is 0 Å². The lowest BCUT2D eigenvalue weighted by Gasteiger charge is -2.09. The molecular weight excluding hydrogens is 174 g/mol. The highest BCUT2D eigenvalue weighted by Crippen LogP contribution is 2.24. The maximum Gasteiger partial charge on any atom is 0.145 e. The smallest absolute Gasteiger partial charge is 0.145 e. The van der Waals surface area contributed by atoms with Crippen LogP contribution in [-0.4, -0.2) is 16.5 Å². The minimum Gasteiger partial charge on any atom is -0.307 e. The molecule has 2 aliphatic rings. The summed E-state index contributed by atoms with van der Waals surface area (Å²) in [5, 5.41) is 3.44. The van der Waals surface area contributed by atoms with Crippen LogP contribution >= 0.6 is 0 Å². The van der Waals surface area contributed by atoms with Gasteiger partial charge in [0, 0.05) is 11.9 Å². The molecule has 74 valence electrons. The lowest BCUT2D eigenvalue weighted by atomic mass is 10.2. The van der Waals surface area contributed by atoms with E-state index in [0.717, 1.165) is 18.8 Å². The highest BCUT2D eigenvalue weighted by atomic mass is 15.0. The molecule has 0 spiro atoms. The highest BCUT2D eigenvalue weighted by Gasteiger charge is 2.21. The van der Waals surface area contributed by atoms with E-state index in [2.05, 4.69) is 15.3 Å². The van der Waals surface area contributed by atoms with Crippen molar-refractivity contribution in [1.82, 2.24) is 15.3 Å². The molecule has 3 heteroatoms. The minimum absolute atomic E-state index is 0.417. The van der Waals surface area contributed by atoms with E-state index in [1.54, 1.807) is 0 Å². The lowest BCUT2D eigenvalue weighted by molar-refractivity contribution is 0.600. The third-order valence-corrected chi connectivity index (χ3v) is 3.20. The van der Waals surface area contributed by atoms with Crippen molar-refractivity contribution in [3.8, 4) is 0 Å². The quantitative estimate of drug-likeness (QED) is 0.725. The standard InChI is InChI=1S/C11H15N3/c1-3-8-7-13-11(14-9(8)4-1)10-5-2-6-12-10/h7,10,12H,1-6H2. The summed E-state index contributed by atoms with van der Waals surface area (Å²) in [4.78, 5) is 9.12. The maximum atomic E-state index is 4.66. The Bertz CT molecular complexity index is 342. The van der Waals surface area contributed by atoms with E-state index >= 15 is 0 Å². The van der Waals surface area contributed by atoms with Crippen molar-refractivity contribution in [1.29, 1.82) is 0 Å². The number of nitrogens with zero attached hydrogens (tertiary/aromatic N) is 2. The fourth-order valence-corrected chi connectivity index (χ4v) is 2.40. The van der Waals surface area contributed by atoms with E-state index < -0.39 is 0 Å². The molecule has 0 saturated carbocycles. The second-order valence-electron chi connectivity index (χ2n) is 4.20. The van der Waals surface area contributed by atoms with Gasteiger partial charge in [-0.05, 0) is 44.2 Å². The molecule has 2 heterocycles. The summed E-state index contributed by atoms with van der Waals surface area (Å²) in [7, 11) is 0. The van der Waals surface area contributed by atoms with Gasteiger partial charge in [0.1, 0.15) is 5.82 Å². The van der Waals surface area contributed by atoms with Crippen LogP contribution < -0.4 is 5.32 Å². The first-order valence-electron chi connectivity index (χ1n) is 5.51. The molecule has 0 amide bonds. The van der Waals surface area contributed by atoms with Gasteiger partial charge in [0.05, 0.1) is 6.04 Å². The van der Waals surface area contributed by atoms with Crippen molar-refractivity contribution in [2.24, 2.45) is 0 Å². The van der Waals surface area contributed by atoms with E-state index in [9.17, 15) is 0 Å². The van der Waals surface area contributed by atoms with Gasteiger partial charge < -0.3 is 5.32 Å². The van der Waals surface area contributed by atoms with Gasteiger partial charge in [-0.1, -0.05) is 0 Å². The van der Waals surface area contributed by atoms with Crippen molar-refractivity contribution in [2.75, 3.05) is 6.54 Å². The molecule has 0 bridgehead atoms. The predicted octanol–water partition coefficient (Wildman–Crippen LogP) is 1.39. The zero-order chi connectivity index (χ0) is 9.38. The summed E-state index contributed by atoms with van der Waals surface area (Å²) in [5.74, 6) is 1.02. The Kier molecular flexibility index (Phi) is 1.98. The van der Waals surface area contributed by atoms with Gasteiger partial charge in [-0.2, -0.15) is 0 Å². The third-order valence-electron chi connectivity index (χ3n) is 3.20. The summed E-state index contributed by atoms with van der Waals surface area (Å²) in [6, 6.07) is 0.417. The number of fused-ring (bicyclic) bond motifs is 1. The second kappa shape index (κ2) is 3.31. The number of hydrogen-bond acceptors (Lipinski definition) is 3. The van der Waals surface area contributed by atoms with E-state index in [0.29, 0.717) is 6.04 Å². The SMILES string of the molecule is c1nc(C2CCCN2)nc2c1CCC2. The molecule has 1 N–H and O–H groups in total. The highest BCUT2D eigenvalue weighted by molar-refractivity contribution is 5.23. The van der Waals surface area contributed by atoms with Gasteiger partial charge in [-0.15, -0.1) is 0 Å². The Morgan fingerprint density at radius 1 is 1.29 bits per heavy atom. The summed E-state index contributed by atoms with van der Waals surface area (Å²) in [6.07, 6.45) is 8.06. The molecular formula is C11H15N3. The van der Waals surface area contributed by atoms with Gasteiger partial charge in [-0.3, -0.25) is 0 Å². The average molecular weight is 189 g/mol. The van der Waals surface area contributed by atoms with Crippen LogP contribution in [-0.2, 0) is 12.8 Å². The van der Waals surface area contributed by atoms with E-state index in [4.69, 9.17) is 0 Å². The summed E-state index contributed by atoms with van der Waals surface area (Å²) >= 11 is 0. The van der Waals surface area contributed by atoms with Crippen molar-refractivity contribution >= 4 is 0 Å². The molecule has 1 fully saturated rings. The molecule has 14 heavy (non-hydrogen) atoms. The first-order valence-corrected chi connectivity index (χ1v) is 5.51. The molecule has 1 unspecified atom stereocenters. The monoisotopic (exact) mass is 189 g/mol. The van der Waals surface area contributed by atoms with Gasteiger partial charge in [-0.25, -0.2) is 9.97 Å². The Morgan fingerprint density at radius 2 is 2.29 bits per heavy atom. The first-order chi connectivity index (χ1) is 6.93. The number of aromatic nitrogens is 2. The predicted molar refractivity (Wildman–Crippen MR) is 54.0 cm³/mol. The molecule has 1 aliphatic carbocycles. The topological polar surface area (TPSA) is 37.8 Å². The number of hydrogen-bond donors (Lipinski definition) is 1. The molecule has 1 aromatic rings. The Labute approximate surface area is 84.0 Å². The van der Waals surface area contributed by atoms with Gasteiger partial charge in [0.15, 0.2) is 0 Å². The molecule has 1 aromatic heterocycles. The van der Waals surface area contributed by atoms with E-state index in [-0.39, 0.29) is 0 Å². The molecule has 3 nitrogen and oxygen atoms in total. The molecule has 3 rings (SSSR count). The largest absolute Gasteiger partial charge is 0.307 e. The van der Waals surface area contributed by atoms with Crippen LogP contribution in [0.15, 0.2) is 6.20 Å². The van der Waals surface area contributed by atoms with Crippen molar-refractivity contribution < 1.29 is 0 Å². The van der Waals surface area contributed by atoms with Crippen LogP contribution in [0.25, 0.3) is 0 Å². The average Bonchev–Trinajstić information content (AvgIpc) is 2.88. The third kappa shape index (κ3) is 1.32. The number of rotatable bonds is 1. The summed E-state index contributed by atoms with van der Waals surface area (Å²) < 4.78 is 0. The van der Waals surface area contributed by atoms with Crippen molar-refractivity contribution in [3.05, 3.63) is 23.3 Å². The zero-order valence-corrected chi connectivity index (χ0v) is 8.29. The van der Waals surface area contributed by atoms with Crippen LogP contribution in [0.5, 0.6) is 0 Å². The normalized spacial score (nSPS) is 25.3. The number of aryl methyl sites for hydroxylation is 2. The minimum atomic E-state index is 0.417. The van der Waals surface area contributed by atoms with E-state index in [1.807, 2.05) is 6.20 Å². The van der Waals surface area contributed by atoms with E-state index in [1.165, 1.54) is 36.9 Å². The van der Waals surface area contributed by atoms with Crippen LogP contribution in [0.2, 0.25) is 0 Å². The Morgan fingerprint density at radius 3 is 3.14 bits per heavy atom. The van der Waals surface area contributed by atoms with Crippen LogP contribution in [0.4, 0.5) is 0 Å². The van der Waals surface area contributed by atoms with Gasteiger partial charge >= 0.3 is 0 Å². The summed E-state index contributed by atoms with van der Waals surface area (Å²) in [5.41, 5.74) is 2.66. The van der Waals surface area contributed by atoms with Crippen LogP contribution in [0, 0.1) is 0 Å². The van der Waals surface area contributed by atoms with Crippen molar-refractivity contribution in [2.45, 2.75) is 38.1 Å². The van der Waals surface area contributed by atoms with Crippen LogP contribution in [0.3, 0.4) is 0 Å². The van der Waals surface area contributed by atoms with Gasteiger partial charge in [0.2, 0.25) is 0 Å². The fourth-order valence-electron chi connectivity index (χ4n) is 2.40. The van der Waals surface area contributed by atoms with Crippen molar-refractivity contribution in [3.63, 3.8) is 0 Å².